The molecule has 2 aromatic rings. The number of ketones is 1. The quantitative estimate of drug-likeness (QED) is 0.816. The number of carbonyl (C=O) groups excluding carboxylic acids is 1. The molecule has 1 fully saturated rings. The zero-order chi connectivity index (χ0) is 16.8. The smallest absolute Gasteiger partial charge is 0.141 e. The summed E-state index contributed by atoms with van der Waals surface area (Å²) in [5, 5.41) is 4.12. The summed E-state index contributed by atoms with van der Waals surface area (Å²) in [6.45, 7) is 2.33. The Labute approximate surface area is 149 Å². The molecule has 0 radical (unpaired) electrons. The van der Waals surface area contributed by atoms with Crippen molar-refractivity contribution in [2.75, 3.05) is 13.1 Å². The minimum absolute atomic E-state index is 0.238. The molecule has 3 heteroatoms. The Hall–Kier alpha value is -1.64. The lowest BCUT2D eigenvalue weighted by Gasteiger charge is -2.08. The van der Waals surface area contributed by atoms with Crippen molar-refractivity contribution in [3.8, 4) is 0 Å². The van der Waals surface area contributed by atoms with Crippen molar-refractivity contribution in [2.45, 2.75) is 32.1 Å². The van der Waals surface area contributed by atoms with Gasteiger partial charge < -0.3 is 5.32 Å². The van der Waals surface area contributed by atoms with Crippen molar-refractivity contribution in [2.24, 2.45) is 5.92 Å². The Morgan fingerprint density at radius 2 is 1.54 bits per heavy atom. The van der Waals surface area contributed by atoms with Crippen LogP contribution in [0.3, 0.4) is 0 Å². The summed E-state index contributed by atoms with van der Waals surface area (Å²) in [4.78, 5) is 12.2. The molecule has 1 heterocycles. The maximum atomic E-state index is 12.2. The molecular formula is C21H24ClNO. The van der Waals surface area contributed by atoms with Crippen LogP contribution < -0.4 is 5.32 Å². The third-order valence-electron chi connectivity index (χ3n) is 4.74. The van der Waals surface area contributed by atoms with E-state index in [4.69, 9.17) is 11.6 Å². The fraction of sp³-hybridized carbons (Fsp3) is 0.381. The normalized spacial score (nSPS) is 17.1. The first-order valence-electron chi connectivity index (χ1n) is 8.74. The van der Waals surface area contributed by atoms with E-state index in [0.717, 1.165) is 30.0 Å². The number of rotatable bonds is 7. The summed E-state index contributed by atoms with van der Waals surface area (Å²) in [5.74, 6) is 1.06. The van der Waals surface area contributed by atoms with Crippen LogP contribution in [0.2, 0.25) is 5.02 Å². The van der Waals surface area contributed by atoms with Gasteiger partial charge in [0, 0.05) is 17.9 Å². The first-order valence-corrected chi connectivity index (χ1v) is 9.11. The van der Waals surface area contributed by atoms with Crippen LogP contribution in [0.5, 0.6) is 0 Å². The Balaban J connectivity index is 1.47. The van der Waals surface area contributed by atoms with Crippen molar-refractivity contribution < 1.29 is 4.79 Å². The molecule has 126 valence electrons. The van der Waals surface area contributed by atoms with Gasteiger partial charge in [-0.2, -0.15) is 0 Å². The van der Waals surface area contributed by atoms with Gasteiger partial charge in [0.2, 0.25) is 0 Å². The Morgan fingerprint density at radius 1 is 0.958 bits per heavy atom. The molecule has 1 aliphatic rings. The maximum absolute atomic E-state index is 12.2. The molecule has 0 amide bonds. The van der Waals surface area contributed by atoms with E-state index < -0.39 is 0 Å². The van der Waals surface area contributed by atoms with E-state index in [0.29, 0.717) is 17.9 Å². The van der Waals surface area contributed by atoms with E-state index in [1.54, 1.807) is 0 Å². The number of carbonyl (C=O) groups is 1. The van der Waals surface area contributed by atoms with E-state index >= 15 is 0 Å². The standard InChI is InChI=1S/C21H24ClNO/c22-20-9-7-18(8-10-20)14-21(24)13-17-4-1-16(2-5-17)3-6-19-11-12-23-15-19/h1-2,4-5,7-10,19,23H,3,6,11-15H2. The number of halogens is 1. The Morgan fingerprint density at radius 3 is 2.12 bits per heavy atom. The zero-order valence-electron chi connectivity index (χ0n) is 13.9. The van der Waals surface area contributed by atoms with Gasteiger partial charge in [0.25, 0.3) is 0 Å². The van der Waals surface area contributed by atoms with Crippen LogP contribution in [0.1, 0.15) is 29.5 Å². The molecule has 3 rings (SSSR count). The largest absolute Gasteiger partial charge is 0.316 e. The van der Waals surface area contributed by atoms with Gasteiger partial charge in [-0.15, -0.1) is 0 Å². The average molecular weight is 342 g/mol. The third kappa shape index (κ3) is 5.19. The summed E-state index contributed by atoms with van der Waals surface area (Å²) in [5.41, 5.74) is 3.49. The van der Waals surface area contributed by atoms with Gasteiger partial charge in [-0.3, -0.25) is 4.79 Å². The van der Waals surface area contributed by atoms with Crippen LogP contribution in [0, 0.1) is 5.92 Å². The molecule has 1 atom stereocenters. The lowest BCUT2D eigenvalue weighted by Crippen LogP contribution is -2.09. The lowest BCUT2D eigenvalue weighted by molar-refractivity contribution is -0.117. The minimum atomic E-state index is 0.238. The number of hydrogen-bond donors (Lipinski definition) is 1. The first kappa shape index (κ1) is 17.2. The predicted octanol–water partition coefficient (Wildman–Crippen LogP) is 4.24. The topological polar surface area (TPSA) is 29.1 Å². The highest BCUT2D eigenvalue weighted by Gasteiger charge is 2.13. The van der Waals surface area contributed by atoms with Gasteiger partial charge in [-0.25, -0.2) is 0 Å². The number of Topliss-reactive ketones (excluding diaryl/α,β-unsaturated/α-hetero) is 1. The number of aryl methyl sites for hydroxylation is 1. The highest BCUT2D eigenvalue weighted by molar-refractivity contribution is 6.30. The number of benzene rings is 2. The fourth-order valence-electron chi connectivity index (χ4n) is 3.28. The van der Waals surface area contributed by atoms with E-state index in [1.807, 2.05) is 24.3 Å². The molecule has 0 saturated carbocycles. The monoisotopic (exact) mass is 341 g/mol. The van der Waals surface area contributed by atoms with Crippen molar-refractivity contribution in [1.82, 2.24) is 5.32 Å². The molecule has 1 aliphatic heterocycles. The molecule has 2 aromatic carbocycles. The zero-order valence-corrected chi connectivity index (χ0v) is 14.7. The van der Waals surface area contributed by atoms with E-state index in [2.05, 4.69) is 29.6 Å². The van der Waals surface area contributed by atoms with E-state index in [9.17, 15) is 4.79 Å². The van der Waals surface area contributed by atoms with Gasteiger partial charge in [-0.05, 0) is 67.1 Å². The molecule has 0 bridgehead atoms. The summed E-state index contributed by atoms with van der Waals surface area (Å²) < 4.78 is 0. The lowest BCUT2D eigenvalue weighted by atomic mass is 9.97. The SMILES string of the molecule is O=C(Cc1ccc(Cl)cc1)Cc1ccc(CCC2CCNC2)cc1. The molecule has 0 aliphatic carbocycles. The Bertz CT molecular complexity index is 657. The summed E-state index contributed by atoms with van der Waals surface area (Å²) in [6, 6.07) is 16.0. The summed E-state index contributed by atoms with van der Waals surface area (Å²) in [7, 11) is 0. The third-order valence-corrected chi connectivity index (χ3v) is 4.99. The first-order chi connectivity index (χ1) is 11.7. The molecule has 1 N–H and O–H groups in total. The Kier molecular flexibility index (Phi) is 6.06. The molecule has 1 unspecified atom stereocenters. The van der Waals surface area contributed by atoms with E-state index in [1.165, 1.54) is 24.9 Å². The van der Waals surface area contributed by atoms with Gasteiger partial charge in [0.15, 0.2) is 0 Å². The van der Waals surface area contributed by atoms with E-state index in [-0.39, 0.29) is 5.78 Å². The highest BCUT2D eigenvalue weighted by Crippen LogP contribution is 2.17. The fourth-order valence-corrected chi connectivity index (χ4v) is 3.40. The van der Waals surface area contributed by atoms with Crippen LogP contribution in [0.25, 0.3) is 0 Å². The predicted molar refractivity (Wildman–Crippen MR) is 99.6 cm³/mol. The van der Waals surface area contributed by atoms with Crippen molar-refractivity contribution in [3.63, 3.8) is 0 Å². The number of hydrogen-bond acceptors (Lipinski definition) is 2. The van der Waals surface area contributed by atoms with Crippen LogP contribution in [-0.2, 0) is 24.1 Å². The van der Waals surface area contributed by atoms with Crippen LogP contribution >= 0.6 is 11.6 Å². The minimum Gasteiger partial charge on any atom is -0.316 e. The summed E-state index contributed by atoms with van der Waals surface area (Å²) in [6.07, 6.45) is 4.65. The van der Waals surface area contributed by atoms with Crippen molar-refractivity contribution >= 4 is 17.4 Å². The van der Waals surface area contributed by atoms with Crippen LogP contribution in [-0.4, -0.2) is 18.9 Å². The molecular weight excluding hydrogens is 318 g/mol. The summed E-state index contributed by atoms with van der Waals surface area (Å²) >= 11 is 5.87. The van der Waals surface area contributed by atoms with Crippen molar-refractivity contribution in [1.29, 1.82) is 0 Å². The second kappa shape index (κ2) is 8.46. The second-order valence-electron chi connectivity index (χ2n) is 6.73. The molecule has 0 aromatic heterocycles. The number of nitrogens with one attached hydrogen (secondary N) is 1. The average Bonchev–Trinajstić information content (AvgIpc) is 3.10. The van der Waals surface area contributed by atoms with Gasteiger partial charge in [0.05, 0.1) is 0 Å². The maximum Gasteiger partial charge on any atom is 0.141 e. The van der Waals surface area contributed by atoms with Crippen LogP contribution in [0.4, 0.5) is 0 Å². The highest BCUT2D eigenvalue weighted by atomic mass is 35.5. The molecule has 1 saturated heterocycles. The molecule has 2 nitrogen and oxygen atoms in total. The van der Waals surface area contributed by atoms with Crippen LogP contribution in [0.15, 0.2) is 48.5 Å². The second-order valence-corrected chi connectivity index (χ2v) is 7.17. The van der Waals surface area contributed by atoms with Gasteiger partial charge >= 0.3 is 0 Å². The van der Waals surface area contributed by atoms with Gasteiger partial charge in [0.1, 0.15) is 5.78 Å². The molecule has 24 heavy (non-hydrogen) atoms. The van der Waals surface area contributed by atoms with Gasteiger partial charge in [-0.1, -0.05) is 48.0 Å². The van der Waals surface area contributed by atoms with Crippen molar-refractivity contribution in [3.05, 3.63) is 70.2 Å². The molecule has 0 spiro atoms.